The van der Waals surface area contributed by atoms with Gasteiger partial charge in [0.05, 0.1) is 11.1 Å². The average molecular weight is 268 g/mol. The SMILES string of the molecule is Cc1ccc(-c2nc3nc(N(C)C)ccc3[nH]2)c(O)c1. The Kier molecular flexibility index (Phi) is 2.82. The Labute approximate surface area is 116 Å². The first kappa shape index (κ1) is 12.5. The summed E-state index contributed by atoms with van der Waals surface area (Å²) in [6.45, 7) is 1.94. The van der Waals surface area contributed by atoms with E-state index in [4.69, 9.17) is 0 Å². The molecule has 20 heavy (non-hydrogen) atoms. The molecule has 0 saturated carbocycles. The molecule has 0 aliphatic carbocycles. The van der Waals surface area contributed by atoms with E-state index in [0.29, 0.717) is 17.0 Å². The number of nitrogens with zero attached hydrogens (tertiary/aromatic N) is 3. The molecule has 0 atom stereocenters. The zero-order valence-electron chi connectivity index (χ0n) is 11.7. The number of hydrogen-bond donors (Lipinski definition) is 2. The molecule has 0 unspecified atom stereocenters. The van der Waals surface area contributed by atoms with Crippen molar-refractivity contribution in [1.29, 1.82) is 0 Å². The van der Waals surface area contributed by atoms with E-state index >= 15 is 0 Å². The zero-order chi connectivity index (χ0) is 14.3. The molecule has 5 heteroatoms. The van der Waals surface area contributed by atoms with Crippen LogP contribution in [0.5, 0.6) is 5.75 Å². The number of aromatic hydroxyl groups is 1. The molecule has 2 aromatic heterocycles. The summed E-state index contributed by atoms with van der Waals surface area (Å²) < 4.78 is 0. The number of phenols is 1. The van der Waals surface area contributed by atoms with E-state index in [1.807, 2.05) is 50.2 Å². The van der Waals surface area contributed by atoms with Crippen LogP contribution in [0.2, 0.25) is 0 Å². The van der Waals surface area contributed by atoms with Crippen molar-refractivity contribution in [1.82, 2.24) is 15.0 Å². The van der Waals surface area contributed by atoms with Gasteiger partial charge in [-0.05, 0) is 36.8 Å². The second-order valence-corrected chi connectivity index (χ2v) is 5.04. The molecule has 2 heterocycles. The summed E-state index contributed by atoms with van der Waals surface area (Å²) in [5.41, 5.74) is 3.19. The van der Waals surface area contributed by atoms with Crippen molar-refractivity contribution in [3.8, 4) is 17.1 Å². The summed E-state index contributed by atoms with van der Waals surface area (Å²) >= 11 is 0. The number of anilines is 1. The molecule has 0 bridgehead atoms. The topological polar surface area (TPSA) is 65.0 Å². The predicted molar refractivity (Wildman–Crippen MR) is 80.1 cm³/mol. The van der Waals surface area contributed by atoms with Gasteiger partial charge in [0.1, 0.15) is 17.4 Å². The number of pyridine rings is 1. The van der Waals surface area contributed by atoms with Crippen molar-refractivity contribution in [2.24, 2.45) is 0 Å². The largest absolute Gasteiger partial charge is 0.507 e. The number of imidazole rings is 1. The van der Waals surface area contributed by atoms with Crippen LogP contribution in [0.1, 0.15) is 5.56 Å². The van der Waals surface area contributed by atoms with Gasteiger partial charge in [0.15, 0.2) is 5.65 Å². The lowest BCUT2D eigenvalue weighted by Gasteiger charge is -2.09. The van der Waals surface area contributed by atoms with Crippen LogP contribution in [0.25, 0.3) is 22.6 Å². The third kappa shape index (κ3) is 2.07. The standard InChI is InChI=1S/C15H16N4O/c1-9-4-5-10(12(20)8-9)14-16-11-6-7-13(19(2)3)17-15(11)18-14/h4-8,20H,1-3H3,(H,16,17,18). The summed E-state index contributed by atoms with van der Waals surface area (Å²) in [6, 6.07) is 9.40. The van der Waals surface area contributed by atoms with Gasteiger partial charge in [-0.3, -0.25) is 0 Å². The number of hydrogen-bond acceptors (Lipinski definition) is 4. The third-order valence-electron chi connectivity index (χ3n) is 3.20. The molecule has 3 aromatic rings. The number of benzene rings is 1. The van der Waals surface area contributed by atoms with Crippen LogP contribution in [0.4, 0.5) is 5.82 Å². The molecule has 5 nitrogen and oxygen atoms in total. The molecule has 0 spiro atoms. The first-order chi connectivity index (χ1) is 9.54. The van der Waals surface area contributed by atoms with Crippen molar-refractivity contribution >= 4 is 17.0 Å². The van der Waals surface area contributed by atoms with Gasteiger partial charge in [-0.1, -0.05) is 6.07 Å². The van der Waals surface area contributed by atoms with Gasteiger partial charge in [0.25, 0.3) is 0 Å². The molecule has 0 radical (unpaired) electrons. The Balaban J connectivity index is 2.13. The Morgan fingerprint density at radius 3 is 2.60 bits per heavy atom. The van der Waals surface area contributed by atoms with Crippen LogP contribution in [0, 0.1) is 6.92 Å². The van der Waals surface area contributed by atoms with Gasteiger partial charge in [-0.15, -0.1) is 0 Å². The van der Waals surface area contributed by atoms with Crippen LogP contribution in [0.3, 0.4) is 0 Å². The fourth-order valence-electron chi connectivity index (χ4n) is 2.10. The Hall–Kier alpha value is -2.56. The molecule has 0 amide bonds. The quantitative estimate of drug-likeness (QED) is 0.750. The van der Waals surface area contributed by atoms with Gasteiger partial charge in [0.2, 0.25) is 0 Å². The average Bonchev–Trinajstić information content (AvgIpc) is 2.80. The van der Waals surface area contributed by atoms with Crippen molar-refractivity contribution < 1.29 is 5.11 Å². The molecule has 0 aliphatic rings. The lowest BCUT2D eigenvalue weighted by molar-refractivity contribution is 0.476. The molecule has 1 aromatic carbocycles. The molecule has 3 rings (SSSR count). The van der Waals surface area contributed by atoms with E-state index in [9.17, 15) is 5.11 Å². The molecule has 0 fully saturated rings. The summed E-state index contributed by atoms with van der Waals surface area (Å²) in [5, 5.41) is 10.0. The van der Waals surface area contributed by atoms with Crippen LogP contribution in [0.15, 0.2) is 30.3 Å². The van der Waals surface area contributed by atoms with Gasteiger partial charge in [0, 0.05) is 14.1 Å². The second-order valence-electron chi connectivity index (χ2n) is 5.04. The normalized spacial score (nSPS) is 10.9. The Morgan fingerprint density at radius 2 is 1.90 bits per heavy atom. The maximum atomic E-state index is 10.0. The molecule has 102 valence electrons. The number of phenolic OH excluding ortho intramolecular Hbond substituents is 1. The second kappa shape index (κ2) is 4.52. The molecule has 0 saturated heterocycles. The number of aromatic nitrogens is 3. The van der Waals surface area contributed by atoms with Crippen molar-refractivity contribution in [2.45, 2.75) is 6.92 Å². The smallest absolute Gasteiger partial charge is 0.180 e. The van der Waals surface area contributed by atoms with Crippen molar-refractivity contribution in [3.63, 3.8) is 0 Å². The fourth-order valence-corrected chi connectivity index (χ4v) is 2.10. The van der Waals surface area contributed by atoms with E-state index in [-0.39, 0.29) is 5.75 Å². The molecular weight excluding hydrogens is 252 g/mol. The predicted octanol–water partition coefficient (Wildman–Crippen LogP) is 2.70. The van der Waals surface area contributed by atoms with Gasteiger partial charge in [-0.25, -0.2) is 9.97 Å². The van der Waals surface area contributed by atoms with E-state index in [2.05, 4.69) is 15.0 Å². The minimum atomic E-state index is 0.219. The molecule has 2 N–H and O–H groups in total. The van der Waals surface area contributed by atoms with E-state index < -0.39 is 0 Å². The number of nitrogens with one attached hydrogen (secondary N) is 1. The minimum Gasteiger partial charge on any atom is -0.507 e. The Bertz CT molecular complexity index is 777. The summed E-state index contributed by atoms with van der Waals surface area (Å²) in [4.78, 5) is 14.0. The summed E-state index contributed by atoms with van der Waals surface area (Å²) in [6.07, 6.45) is 0. The van der Waals surface area contributed by atoms with Crippen LogP contribution < -0.4 is 4.90 Å². The highest BCUT2D eigenvalue weighted by Crippen LogP contribution is 2.29. The number of rotatable bonds is 2. The number of H-pyrrole nitrogens is 1. The molecule has 0 aliphatic heterocycles. The number of fused-ring (bicyclic) bond motifs is 1. The summed E-state index contributed by atoms with van der Waals surface area (Å²) in [5.74, 6) is 1.70. The van der Waals surface area contributed by atoms with Crippen molar-refractivity contribution in [2.75, 3.05) is 19.0 Å². The first-order valence-electron chi connectivity index (χ1n) is 6.38. The maximum Gasteiger partial charge on any atom is 0.180 e. The number of aromatic amines is 1. The number of aryl methyl sites for hydroxylation is 1. The van der Waals surface area contributed by atoms with E-state index in [0.717, 1.165) is 16.9 Å². The van der Waals surface area contributed by atoms with Gasteiger partial charge in [-0.2, -0.15) is 0 Å². The van der Waals surface area contributed by atoms with Gasteiger partial charge < -0.3 is 15.0 Å². The summed E-state index contributed by atoms with van der Waals surface area (Å²) in [7, 11) is 3.88. The highest BCUT2D eigenvalue weighted by atomic mass is 16.3. The maximum absolute atomic E-state index is 10.0. The van der Waals surface area contributed by atoms with Crippen molar-refractivity contribution in [3.05, 3.63) is 35.9 Å². The lowest BCUT2D eigenvalue weighted by atomic mass is 10.1. The van der Waals surface area contributed by atoms with E-state index in [1.54, 1.807) is 6.07 Å². The zero-order valence-corrected chi connectivity index (χ0v) is 11.7. The fraction of sp³-hybridized carbons (Fsp3) is 0.200. The van der Waals surface area contributed by atoms with Crippen LogP contribution in [-0.2, 0) is 0 Å². The lowest BCUT2D eigenvalue weighted by Crippen LogP contribution is -2.10. The monoisotopic (exact) mass is 268 g/mol. The third-order valence-corrected chi connectivity index (χ3v) is 3.20. The van der Waals surface area contributed by atoms with Gasteiger partial charge >= 0.3 is 0 Å². The Morgan fingerprint density at radius 1 is 1.10 bits per heavy atom. The first-order valence-corrected chi connectivity index (χ1v) is 6.38. The highest BCUT2D eigenvalue weighted by Gasteiger charge is 2.11. The highest BCUT2D eigenvalue weighted by molar-refractivity contribution is 5.79. The van der Waals surface area contributed by atoms with E-state index in [1.165, 1.54) is 0 Å². The van der Waals surface area contributed by atoms with Crippen LogP contribution in [-0.4, -0.2) is 34.2 Å². The minimum absolute atomic E-state index is 0.219. The molecular formula is C15H16N4O. The van der Waals surface area contributed by atoms with Crippen LogP contribution >= 0.6 is 0 Å².